The molecule has 0 saturated carbocycles. The van der Waals surface area contributed by atoms with Crippen molar-refractivity contribution in [2.24, 2.45) is 0 Å². The summed E-state index contributed by atoms with van der Waals surface area (Å²) < 4.78 is 10.0. The van der Waals surface area contributed by atoms with E-state index < -0.39 is 17.2 Å². The van der Waals surface area contributed by atoms with Crippen molar-refractivity contribution in [1.82, 2.24) is 0 Å². The molecular weight excluding hydrogens is 322 g/mol. The minimum atomic E-state index is -0.929. The van der Waals surface area contributed by atoms with Gasteiger partial charge >= 0.3 is 11.9 Å². The van der Waals surface area contributed by atoms with Gasteiger partial charge in [-0.1, -0.05) is 24.3 Å². The highest BCUT2D eigenvalue weighted by Crippen LogP contribution is 2.24. The third-order valence-corrected chi connectivity index (χ3v) is 2.94. The van der Waals surface area contributed by atoms with Gasteiger partial charge in [0.15, 0.2) is 0 Å². The van der Waals surface area contributed by atoms with E-state index in [1.54, 1.807) is 24.3 Å². The summed E-state index contributed by atoms with van der Waals surface area (Å²) in [7, 11) is 0. The minimum Gasteiger partial charge on any atom is -0.422 e. The van der Waals surface area contributed by atoms with Crippen LogP contribution in [-0.4, -0.2) is 23.4 Å². The van der Waals surface area contributed by atoms with E-state index in [-0.39, 0.29) is 22.6 Å². The molecule has 0 fully saturated rings. The van der Waals surface area contributed by atoms with Crippen LogP contribution < -0.4 is 9.47 Å². The molecule has 1 N–H and O–H groups in total. The highest BCUT2D eigenvalue weighted by atomic mass is 35.5. The van der Waals surface area contributed by atoms with Crippen molar-refractivity contribution in [2.45, 2.75) is 0 Å². The Labute approximate surface area is 136 Å². The fraction of sp³-hybridized carbons (Fsp3) is 0. The SMILES string of the molecule is N=CC(=O)Oc1ccccc1C(=O)Oc1ccccc1C(=O)Cl. The fourth-order valence-electron chi connectivity index (χ4n) is 1.73. The average Bonchev–Trinajstić information content (AvgIpc) is 2.55. The normalized spacial score (nSPS) is 9.78. The molecule has 0 bridgehead atoms. The maximum atomic E-state index is 12.3. The van der Waals surface area contributed by atoms with Crippen LogP contribution in [0.25, 0.3) is 0 Å². The number of ether oxygens (including phenoxy) is 2. The van der Waals surface area contributed by atoms with Gasteiger partial charge in [0.1, 0.15) is 23.3 Å². The lowest BCUT2D eigenvalue weighted by molar-refractivity contribution is -0.126. The van der Waals surface area contributed by atoms with E-state index in [1.165, 1.54) is 24.3 Å². The van der Waals surface area contributed by atoms with Crippen molar-refractivity contribution in [3.63, 3.8) is 0 Å². The molecule has 0 aliphatic rings. The van der Waals surface area contributed by atoms with E-state index >= 15 is 0 Å². The predicted molar refractivity (Wildman–Crippen MR) is 82.4 cm³/mol. The second-order valence-electron chi connectivity index (χ2n) is 4.22. The Kier molecular flexibility index (Phi) is 5.22. The van der Waals surface area contributed by atoms with Crippen molar-refractivity contribution in [1.29, 1.82) is 5.41 Å². The first-order chi connectivity index (χ1) is 11.0. The molecule has 0 spiro atoms. The maximum Gasteiger partial charge on any atom is 0.354 e. The zero-order chi connectivity index (χ0) is 16.8. The number of carbonyl (C=O) groups excluding carboxylic acids is 3. The molecule has 0 aliphatic heterocycles. The Balaban J connectivity index is 2.30. The van der Waals surface area contributed by atoms with Crippen LogP contribution in [0.4, 0.5) is 0 Å². The molecule has 2 aromatic rings. The standard InChI is InChI=1S/C16H10ClNO5/c17-15(20)10-5-1-3-7-12(10)23-16(21)11-6-2-4-8-13(11)22-14(19)9-18/h1-9,18H. The Bertz CT molecular complexity index is 788. The van der Waals surface area contributed by atoms with E-state index in [9.17, 15) is 14.4 Å². The molecule has 23 heavy (non-hydrogen) atoms. The first-order valence-electron chi connectivity index (χ1n) is 6.35. The molecule has 116 valence electrons. The first kappa shape index (κ1) is 16.4. The highest BCUT2D eigenvalue weighted by molar-refractivity contribution is 6.68. The monoisotopic (exact) mass is 331 g/mol. The second-order valence-corrected chi connectivity index (χ2v) is 4.56. The van der Waals surface area contributed by atoms with E-state index in [4.69, 9.17) is 26.5 Å². The maximum absolute atomic E-state index is 12.3. The van der Waals surface area contributed by atoms with Gasteiger partial charge in [-0.05, 0) is 35.9 Å². The molecular formula is C16H10ClNO5. The van der Waals surface area contributed by atoms with Crippen LogP contribution in [0.3, 0.4) is 0 Å². The minimum absolute atomic E-state index is 0.00863. The van der Waals surface area contributed by atoms with Crippen molar-refractivity contribution >= 4 is 35.0 Å². The number of halogens is 1. The second kappa shape index (κ2) is 7.33. The van der Waals surface area contributed by atoms with E-state index in [2.05, 4.69) is 0 Å². The Morgan fingerprint density at radius 2 is 1.39 bits per heavy atom. The van der Waals surface area contributed by atoms with Gasteiger partial charge in [0.2, 0.25) is 0 Å². The summed E-state index contributed by atoms with van der Waals surface area (Å²) in [6.45, 7) is 0. The van der Waals surface area contributed by atoms with Crippen LogP contribution in [0.1, 0.15) is 20.7 Å². The molecule has 0 radical (unpaired) electrons. The molecule has 7 heteroatoms. The molecule has 0 heterocycles. The van der Waals surface area contributed by atoms with Crippen LogP contribution in [0.15, 0.2) is 48.5 Å². The molecule has 2 rings (SSSR count). The molecule has 0 amide bonds. The van der Waals surface area contributed by atoms with E-state index in [1.807, 2.05) is 0 Å². The summed E-state index contributed by atoms with van der Waals surface area (Å²) in [5.74, 6) is -1.82. The van der Waals surface area contributed by atoms with Crippen LogP contribution in [0, 0.1) is 5.41 Å². The Morgan fingerprint density at radius 3 is 1.96 bits per heavy atom. The number of hydrogen-bond acceptors (Lipinski definition) is 6. The summed E-state index contributed by atoms with van der Waals surface area (Å²) in [4.78, 5) is 34.7. The number of carbonyl (C=O) groups is 3. The van der Waals surface area contributed by atoms with Crippen molar-refractivity contribution < 1.29 is 23.9 Å². The van der Waals surface area contributed by atoms with Gasteiger partial charge in [0.25, 0.3) is 5.24 Å². The topological polar surface area (TPSA) is 93.5 Å². The lowest BCUT2D eigenvalue weighted by Gasteiger charge is -2.10. The lowest BCUT2D eigenvalue weighted by atomic mass is 10.2. The quantitative estimate of drug-likeness (QED) is 0.393. The molecule has 0 aliphatic carbocycles. The van der Waals surface area contributed by atoms with Gasteiger partial charge in [-0.2, -0.15) is 0 Å². The predicted octanol–water partition coefficient (Wildman–Crippen LogP) is 2.84. The van der Waals surface area contributed by atoms with Gasteiger partial charge in [0, 0.05) is 0 Å². The van der Waals surface area contributed by atoms with Gasteiger partial charge in [-0.25, -0.2) is 9.59 Å². The summed E-state index contributed by atoms with van der Waals surface area (Å²) in [5.41, 5.74) is 0.0102. The van der Waals surface area contributed by atoms with Crippen molar-refractivity contribution in [3.05, 3.63) is 59.7 Å². The number of hydrogen-bond donors (Lipinski definition) is 1. The first-order valence-corrected chi connectivity index (χ1v) is 6.73. The number of nitrogens with one attached hydrogen (secondary N) is 1. The number of para-hydroxylation sites is 2. The van der Waals surface area contributed by atoms with Gasteiger partial charge < -0.3 is 14.9 Å². The summed E-state index contributed by atoms with van der Waals surface area (Å²) in [5, 5.41) is 6.06. The zero-order valence-electron chi connectivity index (χ0n) is 11.6. The molecule has 0 atom stereocenters. The smallest absolute Gasteiger partial charge is 0.354 e. The molecule has 0 saturated heterocycles. The lowest BCUT2D eigenvalue weighted by Crippen LogP contribution is -2.15. The van der Waals surface area contributed by atoms with E-state index in [0.29, 0.717) is 6.21 Å². The highest BCUT2D eigenvalue weighted by Gasteiger charge is 2.19. The molecule has 6 nitrogen and oxygen atoms in total. The Morgan fingerprint density at radius 1 is 0.870 bits per heavy atom. The van der Waals surface area contributed by atoms with Gasteiger partial charge in [-0.3, -0.25) is 4.79 Å². The summed E-state index contributed by atoms with van der Waals surface area (Å²) in [6, 6.07) is 11.9. The summed E-state index contributed by atoms with van der Waals surface area (Å²) >= 11 is 5.43. The zero-order valence-corrected chi connectivity index (χ0v) is 12.4. The van der Waals surface area contributed by atoms with Crippen molar-refractivity contribution in [3.8, 4) is 11.5 Å². The van der Waals surface area contributed by atoms with Gasteiger partial charge in [-0.15, -0.1) is 0 Å². The van der Waals surface area contributed by atoms with Crippen LogP contribution in [-0.2, 0) is 4.79 Å². The van der Waals surface area contributed by atoms with Crippen molar-refractivity contribution in [2.75, 3.05) is 0 Å². The third-order valence-electron chi connectivity index (χ3n) is 2.74. The van der Waals surface area contributed by atoms with Crippen LogP contribution >= 0.6 is 11.6 Å². The number of esters is 2. The fourth-order valence-corrected chi connectivity index (χ4v) is 1.89. The molecule has 0 aromatic heterocycles. The number of benzene rings is 2. The molecule has 2 aromatic carbocycles. The number of rotatable bonds is 5. The largest absolute Gasteiger partial charge is 0.422 e. The van der Waals surface area contributed by atoms with E-state index in [0.717, 1.165) is 0 Å². The van der Waals surface area contributed by atoms with Crippen LogP contribution in [0.2, 0.25) is 0 Å². The Hall–Kier alpha value is -2.99. The molecule has 0 unspecified atom stereocenters. The van der Waals surface area contributed by atoms with Gasteiger partial charge in [0.05, 0.1) is 5.56 Å². The summed E-state index contributed by atoms with van der Waals surface area (Å²) in [6.07, 6.45) is 0.476. The third kappa shape index (κ3) is 4.02. The average molecular weight is 332 g/mol. The van der Waals surface area contributed by atoms with Crippen LogP contribution in [0.5, 0.6) is 11.5 Å².